The number of hydrogen-bond donors (Lipinski definition) is 1. The molecular formula is C11H20ClNO2. The van der Waals surface area contributed by atoms with Gasteiger partial charge in [0.1, 0.15) is 0 Å². The van der Waals surface area contributed by atoms with Crippen LogP contribution >= 0.6 is 11.6 Å². The third-order valence-corrected chi connectivity index (χ3v) is 3.49. The molecule has 2 unspecified atom stereocenters. The van der Waals surface area contributed by atoms with Gasteiger partial charge in [0.25, 0.3) is 0 Å². The summed E-state index contributed by atoms with van der Waals surface area (Å²) >= 11 is 5.67. The highest BCUT2D eigenvalue weighted by Crippen LogP contribution is 2.22. The fraction of sp³-hybridized carbons (Fsp3) is 0.909. The Balaban J connectivity index is 2.54. The number of amides is 1. The molecule has 88 valence electrons. The molecule has 0 aliphatic carbocycles. The fourth-order valence-corrected chi connectivity index (χ4v) is 1.99. The highest BCUT2D eigenvalue weighted by Gasteiger charge is 2.28. The van der Waals surface area contributed by atoms with Crippen molar-refractivity contribution < 1.29 is 9.90 Å². The number of aliphatic hydroxyl groups is 1. The first-order valence-corrected chi connectivity index (χ1v) is 6.07. The highest BCUT2D eigenvalue weighted by atomic mass is 35.5. The zero-order valence-electron chi connectivity index (χ0n) is 9.50. The van der Waals surface area contributed by atoms with Gasteiger partial charge in [-0.15, -0.1) is 11.6 Å². The molecule has 2 atom stereocenters. The van der Waals surface area contributed by atoms with Gasteiger partial charge < -0.3 is 10.0 Å². The molecule has 3 nitrogen and oxygen atoms in total. The number of hydrogen-bond acceptors (Lipinski definition) is 2. The summed E-state index contributed by atoms with van der Waals surface area (Å²) in [5.41, 5.74) is -0.612. The normalized spacial score (nSPS) is 29.7. The van der Waals surface area contributed by atoms with Crippen LogP contribution in [0.5, 0.6) is 0 Å². The van der Waals surface area contributed by atoms with Gasteiger partial charge >= 0.3 is 0 Å². The first kappa shape index (κ1) is 12.8. The van der Waals surface area contributed by atoms with Gasteiger partial charge in [0.2, 0.25) is 5.91 Å². The van der Waals surface area contributed by atoms with Gasteiger partial charge in [0.15, 0.2) is 0 Å². The standard InChI is InChI=1S/C11H20ClNO2/c1-9(8-12)10(14)13-6-3-4-11(2,15)5-7-13/h9,15H,3-8H2,1-2H3. The monoisotopic (exact) mass is 233 g/mol. The third-order valence-electron chi connectivity index (χ3n) is 3.03. The van der Waals surface area contributed by atoms with E-state index in [1.165, 1.54) is 0 Å². The summed E-state index contributed by atoms with van der Waals surface area (Å²) in [6, 6.07) is 0. The minimum absolute atomic E-state index is 0.114. The average Bonchev–Trinajstić information content (AvgIpc) is 2.37. The molecule has 4 heteroatoms. The van der Waals surface area contributed by atoms with E-state index in [1.54, 1.807) is 0 Å². The lowest BCUT2D eigenvalue weighted by molar-refractivity contribution is -0.134. The van der Waals surface area contributed by atoms with Crippen molar-refractivity contribution in [3.63, 3.8) is 0 Å². The Hall–Kier alpha value is -0.280. The summed E-state index contributed by atoms with van der Waals surface area (Å²) in [5.74, 6) is 0.364. The highest BCUT2D eigenvalue weighted by molar-refractivity contribution is 6.19. The molecule has 15 heavy (non-hydrogen) atoms. The van der Waals surface area contributed by atoms with Crippen LogP contribution in [0.1, 0.15) is 33.1 Å². The van der Waals surface area contributed by atoms with Gasteiger partial charge in [0, 0.05) is 24.9 Å². The summed E-state index contributed by atoms with van der Waals surface area (Å²) in [6.45, 7) is 5.08. The predicted octanol–water partition coefficient (Wildman–Crippen LogP) is 1.62. The summed E-state index contributed by atoms with van der Waals surface area (Å²) in [4.78, 5) is 13.7. The van der Waals surface area contributed by atoms with Crippen LogP contribution in [0, 0.1) is 5.92 Å². The molecule has 0 radical (unpaired) electrons. The molecule has 0 aromatic carbocycles. The van der Waals surface area contributed by atoms with Crippen molar-refractivity contribution in [3.8, 4) is 0 Å². The maximum Gasteiger partial charge on any atom is 0.226 e. The molecule has 1 aliphatic heterocycles. The first-order chi connectivity index (χ1) is 6.96. The van der Waals surface area contributed by atoms with Gasteiger partial charge in [-0.2, -0.15) is 0 Å². The van der Waals surface area contributed by atoms with E-state index in [-0.39, 0.29) is 11.8 Å². The van der Waals surface area contributed by atoms with E-state index >= 15 is 0 Å². The van der Waals surface area contributed by atoms with Gasteiger partial charge in [-0.1, -0.05) is 6.92 Å². The van der Waals surface area contributed by atoms with Gasteiger partial charge in [-0.25, -0.2) is 0 Å². The predicted molar refractivity (Wildman–Crippen MR) is 60.9 cm³/mol. The van der Waals surface area contributed by atoms with E-state index in [0.717, 1.165) is 19.4 Å². The van der Waals surface area contributed by atoms with Crippen LogP contribution in [-0.2, 0) is 4.79 Å². The second-order valence-corrected chi connectivity index (χ2v) is 5.04. The van der Waals surface area contributed by atoms with Crippen molar-refractivity contribution in [1.29, 1.82) is 0 Å². The summed E-state index contributed by atoms with van der Waals surface area (Å²) in [6.07, 6.45) is 2.30. The van der Waals surface area contributed by atoms with Crippen molar-refractivity contribution in [2.24, 2.45) is 5.92 Å². The van der Waals surface area contributed by atoms with Crippen LogP contribution in [0.3, 0.4) is 0 Å². The Labute approximate surface area is 96.4 Å². The van der Waals surface area contributed by atoms with E-state index in [0.29, 0.717) is 18.8 Å². The number of nitrogens with zero attached hydrogens (tertiary/aromatic N) is 1. The van der Waals surface area contributed by atoms with Crippen molar-refractivity contribution in [2.45, 2.75) is 38.7 Å². The molecule has 0 spiro atoms. The quantitative estimate of drug-likeness (QED) is 0.737. The fourth-order valence-electron chi connectivity index (χ4n) is 1.86. The van der Waals surface area contributed by atoms with Crippen molar-refractivity contribution in [1.82, 2.24) is 4.90 Å². The molecule has 0 aromatic heterocycles. The van der Waals surface area contributed by atoms with Crippen LogP contribution in [0.15, 0.2) is 0 Å². The lowest BCUT2D eigenvalue weighted by Gasteiger charge is -2.24. The summed E-state index contributed by atoms with van der Waals surface area (Å²) in [5, 5.41) is 9.89. The molecule has 1 aliphatic rings. The molecule has 1 rings (SSSR count). The molecular weight excluding hydrogens is 214 g/mol. The molecule has 1 fully saturated rings. The maximum absolute atomic E-state index is 11.9. The van der Waals surface area contributed by atoms with E-state index in [2.05, 4.69) is 0 Å². The molecule has 1 N–H and O–H groups in total. The number of rotatable bonds is 2. The Morgan fingerprint density at radius 3 is 2.80 bits per heavy atom. The van der Waals surface area contributed by atoms with Crippen LogP contribution < -0.4 is 0 Å². The van der Waals surface area contributed by atoms with E-state index in [4.69, 9.17) is 11.6 Å². The summed E-state index contributed by atoms with van der Waals surface area (Å²) in [7, 11) is 0. The smallest absolute Gasteiger partial charge is 0.226 e. The average molecular weight is 234 g/mol. The van der Waals surface area contributed by atoms with Gasteiger partial charge in [-0.05, 0) is 26.2 Å². The molecule has 0 aromatic rings. The van der Waals surface area contributed by atoms with Crippen LogP contribution in [0.25, 0.3) is 0 Å². The third kappa shape index (κ3) is 3.65. The minimum Gasteiger partial charge on any atom is -0.390 e. The van der Waals surface area contributed by atoms with Crippen molar-refractivity contribution in [3.05, 3.63) is 0 Å². The molecule has 1 amide bonds. The minimum atomic E-state index is -0.612. The van der Waals surface area contributed by atoms with Gasteiger partial charge in [0.05, 0.1) is 5.60 Å². The first-order valence-electron chi connectivity index (χ1n) is 5.53. The van der Waals surface area contributed by atoms with Crippen molar-refractivity contribution >= 4 is 17.5 Å². The number of alkyl halides is 1. The second-order valence-electron chi connectivity index (χ2n) is 4.73. The largest absolute Gasteiger partial charge is 0.390 e. The SMILES string of the molecule is CC(CCl)C(=O)N1CCCC(C)(O)CC1. The summed E-state index contributed by atoms with van der Waals surface area (Å²) < 4.78 is 0. The van der Waals surface area contributed by atoms with Gasteiger partial charge in [-0.3, -0.25) is 4.79 Å². The van der Waals surface area contributed by atoms with E-state index in [9.17, 15) is 9.90 Å². The zero-order chi connectivity index (χ0) is 11.5. The molecule has 1 heterocycles. The Kier molecular flexibility index (Phi) is 4.41. The topological polar surface area (TPSA) is 40.5 Å². The second kappa shape index (κ2) is 5.17. The Morgan fingerprint density at radius 1 is 1.53 bits per heavy atom. The molecule has 1 saturated heterocycles. The molecule has 0 bridgehead atoms. The Morgan fingerprint density at radius 2 is 2.20 bits per heavy atom. The number of carbonyl (C=O) groups excluding carboxylic acids is 1. The van der Waals surface area contributed by atoms with Crippen molar-refractivity contribution in [2.75, 3.05) is 19.0 Å². The zero-order valence-corrected chi connectivity index (χ0v) is 10.3. The maximum atomic E-state index is 11.9. The van der Waals surface area contributed by atoms with E-state index < -0.39 is 5.60 Å². The number of likely N-dealkylation sites (tertiary alicyclic amines) is 1. The molecule has 0 saturated carbocycles. The van der Waals surface area contributed by atoms with Crippen LogP contribution in [-0.4, -0.2) is 40.5 Å². The number of carbonyl (C=O) groups is 1. The van der Waals surface area contributed by atoms with Crippen LogP contribution in [0.4, 0.5) is 0 Å². The Bertz CT molecular complexity index is 231. The lowest BCUT2D eigenvalue weighted by atomic mass is 9.98. The van der Waals surface area contributed by atoms with Crippen LogP contribution in [0.2, 0.25) is 0 Å². The number of halogens is 1. The lowest BCUT2D eigenvalue weighted by Crippen LogP contribution is -2.37. The van der Waals surface area contributed by atoms with E-state index in [1.807, 2.05) is 18.7 Å².